The number of ether oxygens (including phenoxy) is 1. The molecule has 0 aliphatic carbocycles. The van der Waals surface area contributed by atoms with E-state index in [-0.39, 0.29) is 17.4 Å². The topological polar surface area (TPSA) is 69.9 Å². The van der Waals surface area contributed by atoms with Gasteiger partial charge < -0.3 is 20.1 Å². The van der Waals surface area contributed by atoms with Gasteiger partial charge in [-0.25, -0.2) is 0 Å². The van der Waals surface area contributed by atoms with E-state index < -0.39 is 6.10 Å². The first-order valence-corrected chi connectivity index (χ1v) is 10.2. The Morgan fingerprint density at radius 3 is 2.17 bits per heavy atom. The molecule has 2 aromatic rings. The summed E-state index contributed by atoms with van der Waals surface area (Å²) in [5.41, 5.74) is 1.58. The smallest absolute Gasteiger partial charge is 0.140 e. The molecular formula is C25H32O4. The first kappa shape index (κ1) is 22.8. The zero-order chi connectivity index (χ0) is 21.2. The second-order valence-corrected chi connectivity index (χ2v) is 8.06. The van der Waals surface area contributed by atoms with Crippen molar-refractivity contribution >= 4 is 0 Å². The molecule has 0 aliphatic heterocycles. The van der Waals surface area contributed by atoms with Crippen molar-refractivity contribution in [3.63, 3.8) is 0 Å². The fraction of sp³-hybridized carbons (Fsp3) is 0.440. The Hall–Kier alpha value is -2.48. The molecule has 29 heavy (non-hydrogen) atoms. The minimum Gasteiger partial charge on any atom is -0.508 e. The molecule has 4 atom stereocenters. The molecule has 0 amide bonds. The minimum absolute atomic E-state index is 0.0917. The maximum atomic E-state index is 10.2. The quantitative estimate of drug-likeness (QED) is 0.519. The van der Waals surface area contributed by atoms with Gasteiger partial charge in [0.05, 0.1) is 6.61 Å². The maximum Gasteiger partial charge on any atom is 0.140 e. The number of aromatic hydroxyl groups is 2. The number of phenols is 2. The predicted molar refractivity (Wildman–Crippen MR) is 115 cm³/mol. The van der Waals surface area contributed by atoms with Gasteiger partial charge in [-0.1, -0.05) is 62.9 Å². The molecule has 0 aliphatic rings. The van der Waals surface area contributed by atoms with E-state index in [0.29, 0.717) is 24.0 Å². The van der Waals surface area contributed by atoms with Gasteiger partial charge in [0.25, 0.3) is 0 Å². The largest absolute Gasteiger partial charge is 0.508 e. The monoisotopic (exact) mass is 396 g/mol. The summed E-state index contributed by atoms with van der Waals surface area (Å²) in [6, 6.07) is 14.2. The third kappa shape index (κ3) is 8.60. The van der Waals surface area contributed by atoms with Gasteiger partial charge in [-0.15, -0.1) is 0 Å². The molecule has 4 nitrogen and oxygen atoms in total. The van der Waals surface area contributed by atoms with Crippen LogP contribution in [0.3, 0.4) is 0 Å². The Balaban J connectivity index is 1.74. The van der Waals surface area contributed by atoms with Gasteiger partial charge in [0, 0.05) is 18.6 Å². The van der Waals surface area contributed by atoms with Crippen molar-refractivity contribution < 1.29 is 20.1 Å². The molecule has 3 N–H and O–H groups in total. The molecular weight excluding hydrogens is 364 g/mol. The maximum absolute atomic E-state index is 10.2. The zero-order valence-corrected chi connectivity index (χ0v) is 17.5. The molecule has 0 fully saturated rings. The van der Waals surface area contributed by atoms with Crippen LogP contribution in [0, 0.1) is 29.6 Å². The summed E-state index contributed by atoms with van der Waals surface area (Å²) in [6.07, 6.45) is 0.966. The van der Waals surface area contributed by atoms with E-state index in [2.05, 4.69) is 37.8 Å². The van der Waals surface area contributed by atoms with Crippen molar-refractivity contribution in [2.75, 3.05) is 6.61 Å². The fourth-order valence-electron chi connectivity index (χ4n) is 3.55. The predicted octanol–water partition coefficient (Wildman–Crippen LogP) is 5.04. The van der Waals surface area contributed by atoms with E-state index in [9.17, 15) is 15.3 Å². The summed E-state index contributed by atoms with van der Waals surface area (Å²) < 4.78 is 5.83. The van der Waals surface area contributed by atoms with Crippen LogP contribution in [0.5, 0.6) is 11.5 Å². The second-order valence-electron chi connectivity index (χ2n) is 8.06. The van der Waals surface area contributed by atoms with Crippen LogP contribution in [0.25, 0.3) is 0 Å². The molecule has 0 aromatic heterocycles. The number of aliphatic hydroxyl groups is 1. The number of hydrogen-bond acceptors (Lipinski definition) is 4. The molecule has 0 radical (unpaired) electrons. The van der Waals surface area contributed by atoms with Gasteiger partial charge in [0.1, 0.15) is 17.6 Å². The van der Waals surface area contributed by atoms with E-state index >= 15 is 0 Å². The van der Waals surface area contributed by atoms with Gasteiger partial charge in [-0.05, 0) is 47.9 Å². The molecule has 0 heterocycles. The lowest BCUT2D eigenvalue weighted by Crippen LogP contribution is -2.12. The van der Waals surface area contributed by atoms with Crippen molar-refractivity contribution in [2.45, 2.75) is 46.3 Å². The Kier molecular flexibility index (Phi) is 9.05. The number of phenolic OH excluding ortho intramolecular Hbond substituents is 2. The zero-order valence-electron chi connectivity index (χ0n) is 17.5. The first-order valence-electron chi connectivity index (χ1n) is 10.2. The molecule has 0 saturated heterocycles. The van der Waals surface area contributed by atoms with Gasteiger partial charge in [-0.3, -0.25) is 0 Å². The summed E-state index contributed by atoms with van der Waals surface area (Å²) in [5, 5.41) is 29.2. The summed E-state index contributed by atoms with van der Waals surface area (Å²) >= 11 is 0. The molecule has 0 saturated carbocycles. The van der Waals surface area contributed by atoms with Gasteiger partial charge in [-0.2, -0.15) is 0 Å². The van der Waals surface area contributed by atoms with Crippen LogP contribution in [-0.2, 0) is 11.3 Å². The highest BCUT2D eigenvalue weighted by atomic mass is 16.5. The van der Waals surface area contributed by atoms with Crippen LogP contribution >= 0.6 is 0 Å². The normalized spacial score (nSPS) is 15.0. The lowest BCUT2D eigenvalue weighted by Gasteiger charge is -2.19. The van der Waals surface area contributed by atoms with Crippen LogP contribution in [0.1, 0.15) is 50.8 Å². The van der Waals surface area contributed by atoms with Gasteiger partial charge in [0.2, 0.25) is 0 Å². The lowest BCUT2D eigenvalue weighted by atomic mass is 9.90. The Morgan fingerprint density at radius 2 is 1.52 bits per heavy atom. The Bertz CT molecular complexity index is 786. The fourth-order valence-corrected chi connectivity index (χ4v) is 3.55. The van der Waals surface area contributed by atoms with Crippen LogP contribution in [-0.4, -0.2) is 21.9 Å². The van der Waals surface area contributed by atoms with Crippen molar-refractivity contribution in [3.05, 3.63) is 59.7 Å². The number of hydrogen-bond donors (Lipinski definition) is 3. The molecule has 0 spiro atoms. The highest BCUT2D eigenvalue weighted by molar-refractivity contribution is 5.39. The van der Waals surface area contributed by atoms with Crippen molar-refractivity contribution in [3.8, 4) is 23.3 Å². The molecule has 1 unspecified atom stereocenters. The minimum atomic E-state index is -1.03. The van der Waals surface area contributed by atoms with Gasteiger partial charge in [0.15, 0.2) is 0 Å². The molecule has 0 bridgehead atoms. The van der Waals surface area contributed by atoms with E-state index in [0.717, 1.165) is 19.4 Å². The van der Waals surface area contributed by atoms with Crippen molar-refractivity contribution in [1.29, 1.82) is 0 Å². The Labute approximate surface area is 174 Å². The molecule has 2 aromatic carbocycles. The number of aliphatic hydroxyl groups excluding tert-OH is 1. The highest BCUT2D eigenvalue weighted by Gasteiger charge is 2.13. The highest BCUT2D eigenvalue weighted by Crippen LogP contribution is 2.25. The van der Waals surface area contributed by atoms with E-state index in [4.69, 9.17) is 4.74 Å². The average molecular weight is 397 g/mol. The number of rotatable bonds is 9. The summed E-state index contributed by atoms with van der Waals surface area (Å²) in [7, 11) is 0. The molecule has 4 heteroatoms. The Morgan fingerprint density at radius 1 is 0.862 bits per heavy atom. The number of benzene rings is 2. The van der Waals surface area contributed by atoms with Crippen LogP contribution in [0.15, 0.2) is 48.5 Å². The van der Waals surface area contributed by atoms with E-state index in [1.54, 1.807) is 0 Å². The second kappa shape index (κ2) is 11.5. The average Bonchev–Trinajstić information content (AvgIpc) is 2.66. The molecule has 156 valence electrons. The SMILES string of the molecule is C[C@@H](COCc1ccccc1)C[C@H](C)C[C@H](C)C#CC(O)c1cc(O)cc(O)c1. The first-order chi connectivity index (χ1) is 13.8. The summed E-state index contributed by atoms with van der Waals surface area (Å²) in [6.45, 7) is 7.85. The lowest BCUT2D eigenvalue weighted by molar-refractivity contribution is 0.0839. The molecule has 2 rings (SSSR count). The third-order valence-corrected chi connectivity index (χ3v) is 4.78. The van der Waals surface area contributed by atoms with E-state index in [1.807, 2.05) is 25.1 Å². The van der Waals surface area contributed by atoms with Crippen LogP contribution in [0.2, 0.25) is 0 Å². The van der Waals surface area contributed by atoms with Crippen molar-refractivity contribution in [1.82, 2.24) is 0 Å². The van der Waals surface area contributed by atoms with E-state index in [1.165, 1.54) is 23.8 Å². The third-order valence-electron chi connectivity index (χ3n) is 4.78. The van der Waals surface area contributed by atoms with Crippen molar-refractivity contribution in [2.24, 2.45) is 17.8 Å². The van der Waals surface area contributed by atoms with Crippen LogP contribution in [0.4, 0.5) is 0 Å². The summed E-state index contributed by atoms with van der Waals surface area (Å²) in [4.78, 5) is 0. The van der Waals surface area contributed by atoms with Gasteiger partial charge >= 0.3 is 0 Å². The standard InChI is InChI=1S/C25H32O4/c1-18(9-10-25(28)22-13-23(26)15-24(27)14-22)11-19(2)12-20(3)16-29-17-21-7-5-4-6-8-21/h4-8,13-15,18-20,25-28H,11-12,16-17H2,1-3H3/t18-,19-,20-,25?/m1/s1. The summed E-state index contributed by atoms with van der Waals surface area (Å²) in [5.74, 6) is 6.84. The van der Waals surface area contributed by atoms with Crippen LogP contribution < -0.4 is 0 Å².